The van der Waals surface area contributed by atoms with E-state index in [2.05, 4.69) is 5.32 Å². The van der Waals surface area contributed by atoms with Gasteiger partial charge >= 0.3 is 0 Å². The van der Waals surface area contributed by atoms with Crippen LogP contribution in [0.3, 0.4) is 0 Å². The summed E-state index contributed by atoms with van der Waals surface area (Å²) in [4.78, 5) is 0. The summed E-state index contributed by atoms with van der Waals surface area (Å²) in [5, 5.41) is 3.70. The Labute approximate surface area is 124 Å². The van der Waals surface area contributed by atoms with Crippen LogP contribution < -0.4 is 5.32 Å². The number of nitrogens with one attached hydrogen (secondary N) is 1. The van der Waals surface area contributed by atoms with Crippen molar-refractivity contribution in [2.75, 3.05) is 18.1 Å². The predicted octanol–water partition coefficient (Wildman–Crippen LogP) is 2.95. The molecular weight excluding hydrogens is 301 g/mol. The second kappa shape index (κ2) is 6.41. The minimum atomic E-state index is -2.95. The third-order valence-electron chi connectivity index (χ3n) is 3.65. The third kappa shape index (κ3) is 3.71. The molecule has 2 rings (SSSR count). The highest BCUT2D eigenvalue weighted by Crippen LogP contribution is 2.35. The minimum Gasteiger partial charge on any atom is -0.310 e. The zero-order valence-electron chi connectivity index (χ0n) is 11.4. The Kier molecular flexibility index (Phi) is 5.04. The van der Waals surface area contributed by atoms with Crippen LogP contribution in [-0.2, 0) is 9.84 Å². The van der Waals surface area contributed by atoms with Gasteiger partial charge in [0.15, 0.2) is 9.84 Å². The smallest absolute Gasteiger partial charge is 0.150 e. The molecule has 0 radical (unpaired) electrons. The molecule has 1 aliphatic rings. The summed E-state index contributed by atoms with van der Waals surface area (Å²) in [6, 6.07) is 4.16. The lowest BCUT2D eigenvalue weighted by atomic mass is 9.92. The Hall–Kier alpha value is -0.650. The SMILES string of the molecule is CCCNC(c1ccc(F)cc1Cl)C1CCS(=O)(=O)C1. The fraction of sp³-hybridized carbons (Fsp3) is 0.571. The molecule has 2 atom stereocenters. The summed E-state index contributed by atoms with van der Waals surface area (Å²) in [5.74, 6) is 0.00428. The molecule has 2 unspecified atom stereocenters. The molecule has 1 N–H and O–H groups in total. The zero-order valence-corrected chi connectivity index (χ0v) is 13.0. The van der Waals surface area contributed by atoms with Gasteiger partial charge in [-0.2, -0.15) is 0 Å². The van der Waals surface area contributed by atoms with Gasteiger partial charge in [-0.05, 0) is 43.0 Å². The van der Waals surface area contributed by atoms with Crippen LogP contribution in [-0.4, -0.2) is 26.5 Å². The van der Waals surface area contributed by atoms with E-state index < -0.39 is 9.84 Å². The molecule has 0 bridgehead atoms. The minimum absolute atomic E-state index is 0.00508. The van der Waals surface area contributed by atoms with Crippen LogP contribution in [0.1, 0.15) is 31.4 Å². The van der Waals surface area contributed by atoms with Crippen molar-refractivity contribution >= 4 is 21.4 Å². The lowest BCUT2D eigenvalue weighted by Gasteiger charge is -2.25. The molecule has 0 aromatic heterocycles. The number of hydrogen-bond acceptors (Lipinski definition) is 3. The Morgan fingerprint density at radius 1 is 1.50 bits per heavy atom. The first-order valence-corrected chi connectivity index (χ1v) is 9.01. The average Bonchev–Trinajstić information content (AvgIpc) is 2.72. The van der Waals surface area contributed by atoms with E-state index in [0.29, 0.717) is 11.4 Å². The average molecular weight is 320 g/mol. The van der Waals surface area contributed by atoms with E-state index in [1.54, 1.807) is 6.07 Å². The first-order chi connectivity index (χ1) is 9.43. The van der Waals surface area contributed by atoms with Crippen molar-refractivity contribution in [2.45, 2.75) is 25.8 Å². The summed E-state index contributed by atoms with van der Waals surface area (Å²) in [5.41, 5.74) is 0.781. The normalized spacial score (nSPS) is 22.9. The van der Waals surface area contributed by atoms with E-state index in [-0.39, 0.29) is 29.3 Å². The maximum absolute atomic E-state index is 13.2. The predicted molar refractivity (Wildman–Crippen MR) is 79.2 cm³/mol. The van der Waals surface area contributed by atoms with Crippen LogP contribution in [0.15, 0.2) is 18.2 Å². The van der Waals surface area contributed by atoms with Gasteiger partial charge in [-0.3, -0.25) is 0 Å². The number of hydrogen-bond donors (Lipinski definition) is 1. The molecule has 0 amide bonds. The van der Waals surface area contributed by atoms with Gasteiger partial charge in [-0.1, -0.05) is 24.6 Å². The maximum Gasteiger partial charge on any atom is 0.150 e. The van der Waals surface area contributed by atoms with Crippen molar-refractivity contribution in [3.8, 4) is 0 Å². The standard InChI is InChI=1S/C14H19ClFNO2S/c1-2-6-17-14(10-5-7-20(18,19)9-10)12-4-3-11(16)8-13(12)15/h3-4,8,10,14,17H,2,5-7,9H2,1H3. The summed E-state index contributed by atoms with van der Waals surface area (Å²) in [6.07, 6.45) is 1.56. The van der Waals surface area contributed by atoms with Crippen LogP contribution in [0.4, 0.5) is 4.39 Å². The molecule has 20 heavy (non-hydrogen) atoms. The second-order valence-corrected chi connectivity index (χ2v) is 7.90. The number of rotatable bonds is 5. The summed E-state index contributed by atoms with van der Waals surface area (Å²) in [6.45, 7) is 2.82. The highest BCUT2D eigenvalue weighted by molar-refractivity contribution is 7.91. The molecule has 0 spiro atoms. The highest BCUT2D eigenvalue weighted by atomic mass is 35.5. The third-order valence-corrected chi connectivity index (χ3v) is 5.77. The van der Waals surface area contributed by atoms with E-state index >= 15 is 0 Å². The number of sulfone groups is 1. The molecule has 1 heterocycles. The molecular formula is C14H19ClFNO2S. The summed E-state index contributed by atoms with van der Waals surface area (Å²) in [7, 11) is -2.95. The molecule has 0 aliphatic carbocycles. The van der Waals surface area contributed by atoms with Crippen LogP contribution in [0.2, 0.25) is 5.02 Å². The van der Waals surface area contributed by atoms with Gasteiger partial charge in [0, 0.05) is 11.1 Å². The van der Waals surface area contributed by atoms with Crippen molar-refractivity contribution in [3.05, 3.63) is 34.6 Å². The lowest BCUT2D eigenvalue weighted by molar-refractivity contribution is 0.392. The molecule has 1 aliphatic heterocycles. The van der Waals surface area contributed by atoms with Crippen molar-refractivity contribution in [3.63, 3.8) is 0 Å². The van der Waals surface area contributed by atoms with E-state index in [1.807, 2.05) is 6.92 Å². The molecule has 1 aromatic rings. The molecule has 3 nitrogen and oxygen atoms in total. The van der Waals surface area contributed by atoms with Crippen molar-refractivity contribution < 1.29 is 12.8 Å². The van der Waals surface area contributed by atoms with E-state index in [4.69, 9.17) is 11.6 Å². The van der Waals surface area contributed by atoms with Gasteiger partial charge in [0.25, 0.3) is 0 Å². The van der Waals surface area contributed by atoms with E-state index in [1.165, 1.54) is 12.1 Å². The first kappa shape index (κ1) is 15.7. The Balaban J connectivity index is 2.27. The summed E-state index contributed by atoms with van der Waals surface area (Å²) >= 11 is 6.12. The summed E-state index contributed by atoms with van der Waals surface area (Å²) < 4.78 is 36.5. The van der Waals surface area contributed by atoms with Gasteiger partial charge in [-0.15, -0.1) is 0 Å². The van der Waals surface area contributed by atoms with Gasteiger partial charge < -0.3 is 5.32 Å². The van der Waals surface area contributed by atoms with Crippen molar-refractivity contribution in [1.82, 2.24) is 5.32 Å². The van der Waals surface area contributed by atoms with E-state index in [0.717, 1.165) is 18.5 Å². The molecule has 6 heteroatoms. The van der Waals surface area contributed by atoms with Crippen LogP contribution >= 0.6 is 11.6 Å². The van der Waals surface area contributed by atoms with Crippen molar-refractivity contribution in [2.24, 2.45) is 5.92 Å². The Morgan fingerprint density at radius 2 is 2.25 bits per heavy atom. The topological polar surface area (TPSA) is 46.2 Å². The number of halogens is 2. The quantitative estimate of drug-likeness (QED) is 0.907. The molecule has 1 aromatic carbocycles. The maximum atomic E-state index is 13.2. The molecule has 0 saturated carbocycles. The van der Waals surface area contributed by atoms with Gasteiger partial charge in [-0.25, -0.2) is 12.8 Å². The Morgan fingerprint density at radius 3 is 2.80 bits per heavy atom. The molecule has 112 valence electrons. The fourth-order valence-electron chi connectivity index (χ4n) is 2.67. The molecule has 1 saturated heterocycles. The van der Waals surface area contributed by atoms with Crippen LogP contribution in [0, 0.1) is 11.7 Å². The van der Waals surface area contributed by atoms with Gasteiger partial charge in [0.1, 0.15) is 5.82 Å². The highest BCUT2D eigenvalue weighted by Gasteiger charge is 2.34. The second-order valence-electron chi connectivity index (χ2n) is 5.26. The number of benzene rings is 1. The monoisotopic (exact) mass is 319 g/mol. The van der Waals surface area contributed by atoms with Crippen LogP contribution in [0.5, 0.6) is 0 Å². The largest absolute Gasteiger partial charge is 0.310 e. The fourth-order valence-corrected chi connectivity index (χ4v) is 4.80. The van der Waals surface area contributed by atoms with Gasteiger partial charge in [0.05, 0.1) is 11.5 Å². The zero-order chi connectivity index (χ0) is 14.8. The van der Waals surface area contributed by atoms with Crippen molar-refractivity contribution in [1.29, 1.82) is 0 Å². The first-order valence-electron chi connectivity index (χ1n) is 6.81. The Bertz CT molecular complexity index is 577. The molecule has 1 fully saturated rings. The lowest BCUT2D eigenvalue weighted by Crippen LogP contribution is -2.30. The van der Waals surface area contributed by atoms with Gasteiger partial charge in [0.2, 0.25) is 0 Å². The van der Waals surface area contributed by atoms with Crippen LogP contribution in [0.25, 0.3) is 0 Å². The van der Waals surface area contributed by atoms with E-state index in [9.17, 15) is 12.8 Å².